The van der Waals surface area contributed by atoms with Crippen LogP contribution in [0.5, 0.6) is 0 Å². The second-order valence-corrected chi connectivity index (χ2v) is 20.7. The number of sulfonamides is 1. The molecule has 8 atom stereocenters. The summed E-state index contributed by atoms with van der Waals surface area (Å²) in [5.74, 6) is -2.85. The Balaban J connectivity index is 1.36. The van der Waals surface area contributed by atoms with Gasteiger partial charge in [-0.1, -0.05) is 44.2 Å². The van der Waals surface area contributed by atoms with Gasteiger partial charge in [0.1, 0.15) is 11.7 Å². The Hall–Kier alpha value is -3.78. The molecule has 0 aromatic heterocycles. The van der Waals surface area contributed by atoms with E-state index in [1.807, 2.05) is 45.1 Å². The molecule has 3 fully saturated rings. The average molecular weight is 797 g/mol. The molecule has 0 radical (unpaired) electrons. The second kappa shape index (κ2) is 15.5. The fraction of sp³-hybridized carbons (Fsp3) is 0.690. The first-order chi connectivity index (χ1) is 26.1. The SMILES string of the molecule is CC(C)N1N=C(O[C@@H]2C[C@H]3C(=O)C[C@]4(C(=O)NS(=O)(=O)C5(C)CC5)C[C@H]4/C=C\CC[C@@H](C)C[C@@H](C)[C@H](CC(=O)OC(C)(C)C)C(=O)N3C2)c2ccccc2C1O. The van der Waals surface area contributed by atoms with E-state index in [4.69, 9.17) is 9.47 Å². The van der Waals surface area contributed by atoms with Crippen molar-refractivity contribution in [1.29, 1.82) is 0 Å². The van der Waals surface area contributed by atoms with Crippen LogP contribution in [0, 0.1) is 29.1 Å². The zero-order chi connectivity index (χ0) is 41.0. The molecule has 14 heteroatoms. The minimum Gasteiger partial charge on any atom is -0.471 e. The third-order valence-corrected chi connectivity index (χ3v) is 14.5. The Bertz CT molecular complexity index is 1880. The average Bonchev–Trinajstić information content (AvgIpc) is 3.99. The quantitative estimate of drug-likeness (QED) is 0.270. The molecule has 3 aliphatic heterocycles. The molecule has 1 aromatic rings. The number of ketones is 1. The molecule has 1 saturated heterocycles. The summed E-state index contributed by atoms with van der Waals surface area (Å²) in [6, 6.07) is 6.06. The first-order valence-corrected chi connectivity index (χ1v) is 21.7. The summed E-state index contributed by atoms with van der Waals surface area (Å²) in [5, 5.41) is 17.3. The van der Waals surface area contributed by atoms with Gasteiger partial charge in [-0.3, -0.25) is 28.9 Å². The number of allylic oxidation sites excluding steroid dienone is 2. The van der Waals surface area contributed by atoms with E-state index in [1.165, 1.54) is 4.90 Å². The Labute approximate surface area is 331 Å². The highest BCUT2D eigenvalue weighted by Gasteiger charge is 2.63. The molecule has 3 heterocycles. The molecule has 5 aliphatic rings. The highest BCUT2D eigenvalue weighted by Crippen LogP contribution is 2.57. The molecule has 56 heavy (non-hydrogen) atoms. The van der Waals surface area contributed by atoms with Gasteiger partial charge in [0, 0.05) is 30.0 Å². The van der Waals surface area contributed by atoms with Crippen LogP contribution in [0.4, 0.5) is 0 Å². The Kier molecular flexibility index (Phi) is 11.6. The number of fused-ring (bicyclic) bond motifs is 3. The third-order valence-electron chi connectivity index (χ3n) is 12.3. The topological polar surface area (TPSA) is 172 Å². The number of rotatable bonds is 7. The largest absolute Gasteiger partial charge is 0.471 e. The zero-order valence-electron chi connectivity index (χ0n) is 34.1. The standard InChI is InChI=1S/C42H60N4O9S/c1-25(2)46-38(50)31-16-12-11-15-30(31)36(43-46)54-29-20-33-34(47)23-42(39(51)44-56(52,53)41(8)17-18-41)22-28(42)14-10-9-13-26(3)19-27(4)32(37(49)45(33)24-29)21-35(48)55-40(5,6)7/h10-12,14-16,25-29,32-33,38,50H,9,13,17-24H2,1-8H3,(H,44,51)/b14-10-/t26-,27-,28-,29-,32+,33+,38?,42-/m1/s1. The fourth-order valence-electron chi connectivity index (χ4n) is 8.56. The van der Waals surface area contributed by atoms with Crippen molar-refractivity contribution >= 4 is 39.5 Å². The van der Waals surface area contributed by atoms with Gasteiger partial charge < -0.3 is 19.5 Å². The van der Waals surface area contributed by atoms with E-state index < -0.39 is 62.0 Å². The van der Waals surface area contributed by atoms with E-state index in [-0.39, 0.29) is 67.2 Å². The molecule has 2 aliphatic carbocycles. The first kappa shape index (κ1) is 41.8. The van der Waals surface area contributed by atoms with Gasteiger partial charge in [0.15, 0.2) is 12.0 Å². The normalized spacial score (nSPS) is 32.5. The van der Waals surface area contributed by atoms with Gasteiger partial charge in [0.05, 0.1) is 35.1 Å². The third kappa shape index (κ3) is 8.71. The van der Waals surface area contributed by atoms with Gasteiger partial charge >= 0.3 is 5.97 Å². The van der Waals surface area contributed by atoms with Crippen molar-refractivity contribution in [3.8, 4) is 0 Å². The maximum Gasteiger partial charge on any atom is 0.307 e. The molecule has 308 valence electrons. The van der Waals surface area contributed by atoms with E-state index >= 15 is 0 Å². The number of nitrogens with zero attached hydrogens (tertiary/aromatic N) is 3. The van der Waals surface area contributed by atoms with E-state index in [9.17, 15) is 32.7 Å². The van der Waals surface area contributed by atoms with Crippen LogP contribution in [-0.4, -0.2) is 88.0 Å². The van der Waals surface area contributed by atoms with Gasteiger partial charge in [-0.25, -0.2) is 8.42 Å². The van der Waals surface area contributed by atoms with Crippen molar-refractivity contribution in [2.24, 2.45) is 34.2 Å². The number of Topliss-reactive ketones (excluding diaryl/α,β-unsaturated/α-hetero) is 1. The molecule has 13 nitrogen and oxygen atoms in total. The minimum absolute atomic E-state index is 0.0169. The number of carbonyl (C=O) groups is 4. The summed E-state index contributed by atoms with van der Waals surface area (Å²) in [6.07, 6.45) is 5.31. The van der Waals surface area contributed by atoms with Crippen LogP contribution in [0.15, 0.2) is 41.5 Å². The van der Waals surface area contributed by atoms with Crippen molar-refractivity contribution in [2.75, 3.05) is 6.54 Å². The summed E-state index contributed by atoms with van der Waals surface area (Å²) < 4.78 is 40.1. The minimum atomic E-state index is -3.96. The summed E-state index contributed by atoms with van der Waals surface area (Å²) >= 11 is 0. The van der Waals surface area contributed by atoms with E-state index in [2.05, 4.69) is 16.7 Å². The monoisotopic (exact) mass is 796 g/mol. The van der Waals surface area contributed by atoms with Crippen LogP contribution < -0.4 is 4.72 Å². The van der Waals surface area contributed by atoms with Crippen molar-refractivity contribution < 1.29 is 42.2 Å². The van der Waals surface area contributed by atoms with Crippen LogP contribution in [0.2, 0.25) is 0 Å². The van der Waals surface area contributed by atoms with Crippen LogP contribution in [0.1, 0.15) is 131 Å². The highest BCUT2D eigenvalue weighted by atomic mass is 32.2. The number of hydrogen-bond acceptors (Lipinski definition) is 11. The Morgan fingerprint density at radius 3 is 2.46 bits per heavy atom. The van der Waals surface area contributed by atoms with Crippen LogP contribution in [0.3, 0.4) is 0 Å². The number of amides is 2. The molecular weight excluding hydrogens is 737 g/mol. The van der Waals surface area contributed by atoms with Crippen LogP contribution in [0.25, 0.3) is 0 Å². The maximum absolute atomic E-state index is 14.9. The Morgan fingerprint density at radius 1 is 1.11 bits per heavy atom. The first-order valence-electron chi connectivity index (χ1n) is 20.2. The van der Waals surface area contributed by atoms with Gasteiger partial charge in [-0.05, 0) is 104 Å². The zero-order valence-corrected chi connectivity index (χ0v) is 34.9. The molecule has 6 rings (SSSR count). The predicted molar refractivity (Wildman–Crippen MR) is 210 cm³/mol. The molecule has 1 unspecified atom stereocenters. The number of aliphatic hydroxyl groups is 1. The van der Waals surface area contributed by atoms with Crippen molar-refractivity contribution in [1.82, 2.24) is 14.6 Å². The maximum atomic E-state index is 14.9. The molecule has 2 saturated carbocycles. The lowest BCUT2D eigenvalue weighted by Gasteiger charge is -2.35. The fourth-order valence-corrected chi connectivity index (χ4v) is 9.90. The summed E-state index contributed by atoms with van der Waals surface area (Å²) in [6.45, 7) is 14.8. The van der Waals surface area contributed by atoms with Crippen molar-refractivity contribution in [3.05, 3.63) is 47.5 Å². The molecule has 2 N–H and O–H groups in total. The van der Waals surface area contributed by atoms with E-state index in [1.54, 1.807) is 44.8 Å². The molecular formula is C42H60N4O9S. The van der Waals surface area contributed by atoms with E-state index in [0.717, 1.165) is 6.42 Å². The number of ether oxygens (including phenoxy) is 2. The van der Waals surface area contributed by atoms with Crippen molar-refractivity contribution in [3.63, 3.8) is 0 Å². The van der Waals surface area contributed by atoms with Gasteiger partial charge in [-0.2, -0.15) is 0 Å². The number of aliphatic hydroxyl groups excluding tert-OH is 1. The number of esters is 1. The van der Waals surface area contributed by atoms with Crippen molar-refractivity contribution in [2.45, 2.75) is 148 Å². The summed E-state index contributed by atoms with van der Waals surface area (Å²) in [4.78, 5) is 58.5. The lowest BCUT2D eigenvalue weighted by atomic mass is 9.82. The lowest BCUT2D eigenvalue weighted by Crippen LogP contribution is -2.48. The summed E-state index contributed by atoms with van der Waals surface area (Å²) in [7, 11) is -3.96. The number of hydrogen-bond donors (Lipinski definition) is 2. The van der Waals surface area contributed by atoms with Gasteiger partial charge in [0.2, 0.25) is 27.7 Å². The number of carbonyl (C=O) groups excluding carboxylic acids is 4. The van der Waals surface area contributed by atoms with Gasteiger partial charge in [0.25, 0.3) is 0 Å². The predicted octanol–water partition coefficient (Wildman–Crippen LogP) is 5.37. The highest BCUT2D eigenvalue weighted by molar-refractivity contribution is 7.91. The number of hydrazone groups is 1. The molecule has 2 amide bonds. The smallest absolute Gasteiger partial charge is 0.307 e. The van der Waals surface area contributed by atoms with Crippen LogP contribution >= 0.6 is 0 Å². The number of benzene rings is 1. The van der Waals surface area contributed by atoms with Crippen LogP contribution in [-0.2, 0) is 38.7 Å². The lowest BCUT2D eigenvalue weighted by molar-refractivity contribution is -0.160. The van der Waals surface area contributed by atoms with Gasteiger partial charge in [-0.15, -0.1) is 5.10 Å². The summed E-state index contributed by atoms with van der Waals surface area (Å²) in [5.41, 5.74) is -0.835. The second-order valence-electron chi connectivity index (χ2n) is 18.5. The Morgan fingerprint density at radius 2 is 1.80 bits per heavy atom. The number of nitrogens with one attached hydrogen (secondary N) is 1. The molecule has 0 bridgehead atoms. The van der Waals surface area contributed by atoms with E-state index in [0.29, 0.717) is 43.2 Å². The molecule has 1 aromatic carbocycles. The molecule has 0 spiro atoms.